The predicted octanol–water partition coefficient (Wildman–Crippen LogP) is 3.94. The summed E-state index contributed by atoms with van der Waals surface area (Å²) in [5, 5.41) is 0. The van der Waals surface area contributed by atoms with Gasteiger partial charge in [0.15, 0.2) is 0 Å². The Morgan fingerprint density at radius 3 is 2.05 bits per heavy atom. The Bertz CT molecular complexity index is 374. The number of aliphatic imine (C=N–C) groups is 1. The van der Waals surface area contributed by atoms with Gasteiger partial charge in [0.05, 0.1) is 0 Å². The highest BCUT2D eigenvalue weighted by Crippen LogP contribution is 2.25. The molecule has 0 aromatic carbocycles. The van der Waals surface area contributed by atoms with Crippen molar-refractivity contribution in [1.82, 2.24) is 4.90 Å². The first-order chi connectivity index (χ1) is 9.09. The van der Waals surface area contributed by atoms with Crippen LogP contribution in [-0.4, -0.2) is 42.7 Å². The third-order valence-electron chi connectivity index (χ3n) is 2.89. The van der Waals surface area contributed by atoms with Crippen LogP contribution in [0.1, 0.15) is 26.2 Å². The van der Waals surface area contributed by atoms with Gasteiger partial charge in [-0.15, -0.1) is 0 Å². The van der Waals surface area contributed by atoms with Crippen LogP contribution in [0.4, 0.5) is 26.3 Å². The minimum absolute atomic E-state index is 0.239. The van der Waals surface area contributed by atoms with Gasteiger partial charge in [-0.3, -0.25) is 4.99 Å². The van der Waals surface area contributed by atoms with Crippen molar-refractivity contribution >= 4 is 5.84 Å². The molecule has 0 radical (unpaired) electrons. The van der Waals surface area contributed by atoms with E-state index in [1.807, 2.05) is 0 Å². The third kappa shape index (κ3) is 5.83. The van der Waals surface area contributed by atoms with Gasteiger partial charge in [-0.05, 0) is 32.3 Å². The molecule has 1 heterocycles. The van der Waals surface area contributed by atoms with Crippen molar-refractivity contribution in [3.63, 3.8) is 0 Å². The molecular weight excluding hydrogens is 286 g/mol. The Labute approximate surface area is 113 Å². The number of allylic oxidation sites excluding steroid dienone is 1. The number of hydrogen-bond acceptors (Lipinski definition) is 1. The normalized spacial score (nSPS) is 19.4. The molecule has 0 unspecified atom stereocenters. The molecule has 0 N–H and O–H groups in total. The smallest absolute Gasteiger partial charge is 0.357 e. The number of hydrogen-bond donors (Lipinski definition) is 0. The van der Waals surface area contributed by atoms with Gasteiger partial charge in [0.2, 0.25) is 0 Å². The van der Waals surface area contributed by atoms with Gasteiger partial charge in [0.1, 0.15) is 12.4 Å². The zero-order valence-electron chi connectivity index (χ0n) is 11.0. The van der Waals surface area contributed by atoms with E-state index >= 15 is 0 Å². The van der Waals surface area contributed by atoms with Crippen LogP contribution in [0.2, 0.25) is 0 Å². The number of amidine groups is 1. The summed E-state index contributed by atoms with van der Waals surface area (Å²) in [5.41, 5.74) is -0.955. The Hall–Kier alpha value is -1.21. The van der Waals surface area contributed by atoms with E-state index in [0.717, 1.165) is 26.2 Å². The predicted molar refractivity (Wildman–Crippen MR) is 63.6 cm³/mol. The number of piperidine rings is 1. The van der Waals surface area contributed by atoms with Crippen LogP contribution in [0.3, 0.4) is 0 Å². The number of nitrogens with zero attached hydrogens (tertiary/aromatic N) is 2. The fourth-order valence-corrected chi connectivity index (χ4v) is 1.81. The molecule has 1 fully saturated rings. The lowest BCUT2D eigenvalue weighted by Gasteiger charge is -2.29. The Morgan fingerprint density at radius 2 is 1.60 bits per heavy atom. The summed E-state index contributed by atoms with van der Waals surface area (Å²) in [6.45, 7) is 0.212. The molecule has 0 bridgehead atoms. The van der Waals surface area contributed by atoms with Crippen LogP contribution in [0.25, 0.3) is 0 Å². The minimum Gasteiger partial charge on any atom is -0.357 e. The van der Waals surface area contributed by atoms with Crippen LogP contribution in [0.5, 0.6) is 0 Å². The van der Waals surface area contributed by atoms with E-state index < -0.39 is 24.5 Å². The van der Waals surface area contributed by atoms with Gasteiger partial charge in [0.25, 0.3) is 0 Å². The van der Waals surface area contributed by atoms with E-state index in [4.69, 9.17) is 0 Å². The van der Waals surface area contributed by atoms with Crippen LogP contribution < -0.4 is 0 Å². The van der Waals surface area contributed by atoms with Crippen molar-refractivity contribution < 1.29 is 26.3 Å². The van der Waals surface area contributed by atoms with Crippen LogP contribution in [0, 0.1) is 0 Å². The van der Waals surface area contributed by atoms with E-state index in [9.17, 15) is 26.3 Å². The molecule has 0 spiro atoms. The lowest BCUT2D eigenvalue weighted by molar-refractivity contribution is -0.118. The Morgan fingerprint density at radius 1 is 1.05 bits per heavy atom. The standard InChI is InChI=1S/C12H16F6N2/c1-9(12(16,17)18)7-10(19-8-11(13,14)15)20-5-3-2-4-6-20/h7H,2-6,8H2,1H3/b9-7+,19-10+. The molecule has 0 aromatic heterocycles. The average Bonchev–Trinajstić information content (AvgIpc) is 2.33. The van der Waals surface area contributed by atoms with Gasteiger partial charge in [0, 0.05) is 18.7 Å². The molecule has 0 saturated carbocycles. The molecule has 0 atom stereocenters. The first-order valence-corrected chi connectivity index (χ1v) is 6.21. The highest BCUT2D eigenvalue weighted by atomic mass is 19.4. The number of rotatable bonds is 2. The fraction of sp³-hybridized carbons (Fsp3) is 0.750. The fourth-order valence-electron chi connectivity index (χ4n) is 1.81. The summed E-state index contributed by atoms with van der Waals surface area (Å²) in [7, 11) is 0. The molecule has 116 valence electrons. The van der Waals surface area contributed by atoms with Gasteiger partial charge < -0.3 is 4.90 Å². The molecule has 0 aromatic rings. The SMILES string of the molecule is C/C(=C\C(=N/CC(F)(F)F)N1CCCCC1)C(F)(F)F. The van der Waals surface area contributed by atoms with E-state index in [1.165, 1.54) is 4.90 Å². The molecule has 1 rings (SSSR count). The first kappa shape index (κ1) is 16.8. The maximum Gasteiger partial charge on any atom is 0.412 e. The molecule has 20 heavy (non-hydrogen) atoms. The Balaban J connectivity index is 2.95. The highest BCUT2D eigenvalue weighted by Gasteiger charge is 2.32. The lowest BCUT2D eigenvalue weighted by atomic mass is 10.1. The topological polar surface area (TPSA) is 15.6 Å². The number of likely N-dealkylation sites (tertiary alicyclic amines) is 1. The van der Waals surface area contributed by atoms with E-state index in [1.54, 1.807) is 0 Å². The van der Waals surface area contributed by atoms with Crippen molar-refractivity contribution in [3.8, 4) is 0 Å². The quantitative estimate of drug-likeness (QED) is 0.428. The molecular formula is C12H16F6N2. The third-order valence-corrected chi connectivity index (χ3v) is 2.89. The molecule has 0 aliphatic carbocycles. The summed E-state index contributed by atoms with van der Waals surface area (Å²) in [4.78, 5) is 4.79. The van der Waals surface area contributed by atoms with Crippen LogP contribution in [0.15, 0.2) is 16.6 Å². The van der Waals surface area contributed by atoms with Crippen LogP contribution >= 0.6 is 0 Å². The van der Waals surface area contributed by atoms with Crippen molar-refractivity contribution in [2.24, 2.45) is 4.99 Å². The number of alkyl halides is 6. The Kier molecular flexibility index (Phi) is 5.47. The summed E-state index contributed by atoms with van der Waals surface area (Å²) in [6, 6.07) is 0. The maximum atomic E-state index is 12.5. The van der Waals surface area contributed by atoms with Crippen molar-refractivity contribution in [2.75, 3.05) is 19.6 Å². The van der Waals surface area contributed by atoms with Crippen molar-refractivity contribution in [3.05, 3.63) is 11.6 Å². The zero-order chi connectivity index (χ0) is 15.4. The van der Waals surface area contributed by atoms with E-state index in [2.05, 4.69) is 4.99 Å². The largest absolute Gasteiger partial charge is 0.412 e. The van der Waals surface area contributed by atoms with Crippen molar-refractivity contribution in [1.29, 1.82) is 0 Å². The second kappa shape index (κ2) is 6.49. The zero-order valence-corrected chi connectivity index (χ0v) is 11.0. The van der Waals surface area contributed by atoms with E-state index in [-0.39, 0.29) is 5.84 Å². The summed E-state index contributed by atoms with van der Waals surface area (Å²) < 4.78 is 74.0. The summed E-state index contributed by atoms with van der Waals surface area (Å²) in [6.07, 6.45) is -5.99. The summed E-state index contributed by atoms with van der Waals surface area (Å²) in [5.74, 6) is -0.239. The molecule has 2 nitrogen and oxygen atoms in total. The number of halogens is 6. The second-order valence-corrected chi connectivity index (χ2v) is 4.66. The molecule has 1 saturated heterocycles. The highest BCUT2D eigenvalue weighted by molar-refractivity contribution is 5.93. The van der Waals surface area contributed by atoms with Gasteiger partial charge in [-0.2, -0.15) is 26.3 Å². The first-order valence-electron chi connectivity index (χ1n) is 6.21. The molecule has 0 amide bonds. The van der Waals surface area contributed by atoms with Crippen LogP contribution in [-0.2, 0) is 0 Å². The van der Waals surface area contributed by atoms with Gasteiger partial charge in [-0.1, -0.05) is 0 Å². The molecule has 8 heteroatoms. The van der Waals surface area contributed by atoms with E-state index in [0.29, 0.717) is 19.2 Å². The summed E-state index contributed by atoms with van der Waals surface area (Å²) >= 11 is 0. The van der Waals surface area contributed by atoms with Gasteiger partial charge >= 0.3 is 12.4 Å². The van der Waals surface area contributed by atoms with Crippen molar-refractivity contribution in [2.45, 2.75) is 38.5 Å². The average molecular weight is 302 g/mol. The lowest BCUT2D eigenvalue weighted by Crippen LogP contribution is -2.36. The molecule has 1 aliphatic heterocycles. The minimum atomic E-state index is -4.56. The molecule has 1 aliphatic rings. The second-order valence-electron chi connectivity index (χ2n) is 4.66. The maximum absolute atomic E-state index is 12.5. The monoisotopic (exact) mass is 302 g/mol. The van der Waals surface area contributed by atoms with Gasteiger partial charge in [-0.25, -0.2) is 0 Å².